The van der Waals surface area contributed by atoms with Crippen LogP contribution in [0, 0.1) is 41.0 Å². The van der Waals surface area contributed by atoms with Crippen LogP contribution in [0.3, 0.4) is 0 Å². The van der Waals surface area contributed by atoms with E-state index in [4.69, 9.17) is 4.74 Å². The van der Waals surface area contributed by atoms with E-state index in [0.29, 0.717) is 23.3 Å². The average molecular weight is 533 g/mol. The summed E-state index contributed by atoms with van der Waals surface area (Å²) in [6.45, 7) is 0.741. The topological polar surface area (TPSA) is 49.7 Å². The van der Waals surface area contributed by atoms with Crippen molar-refractivity contribution in [2.75, 3.05) is 6.61 Å². The van der Waals surface area contributed by atoms with Crippen molar-refractivity contribution in [1.29, 1.82) is 0 Å². The third-order valence-corrected chi connectivity index (χ3v) is 9.19. The van der Waals surface area contributed by atoms with Crippen molar-refractivity contribution in [3.63, 3.8) is 0 Å². The van der Waals surface area contributed by atoms with Gasteiger partial charge in [0.2, 0.25) is 11.6 Å². The largest absolute Gasteiger partial charge is 0.505 e. The molecule has 3 aliphatic rings. The quantitative estimate of drug-likeness (QED) is 0.367. The van der Waals surface area contributed by atoms with Gasteiger partial charge in [-0.05, 0) is 124 Å². The molecule has 2 N–H and O–H groups in total. The second-order valence-corrected chi connectivity index (χ2v) is 11.4. The average Bonchev–Trinajstić information content (AvgIpc) is 2.95. The third-order valence-electron chi connectivity index (χ3n) is 9.19. The number of hydrogen-bond acceptors (Lipinski definition) is 3. The number of allylic oxidation sites excluding steroid dienone is 2. The molecule has 3 aliphatic carbocycles. The van der Waals surface area contributed by atoms with E-state index < -0.39 is 34.8 Å². The summed E-state index contributed by atoms with van der Waals surface area (Å²) < 4.78 is 62.3. The zero-order chi connectivity index (χ0) is 26.8. The maximum Gasteiger partial charge on any atom is 0.200 e. The zero-order valence-corrected chi connectivity index (χ0v) is 21.6. The monoisotopic (exact) mass is 532 g/mol. The molecule has 0 aliphatic heterocycles. The molecular formula is C31H36F4O3. The Bertz CT molecular complexity index is 1160. The highest BCUT2D eigenvalue weighted by Gasteiger charge is 2.31. The van der Waals surface area contributed by atoms with E-state index in [2.05, 4.69) is 0 Å². The van der Waals surface area contributed by atoms with Gasteiger partial charge >= 0.3 is 0 Å². The Morgan fingerprint density at radius 2 is 1.34 bits per heavy atom. The first-order valence-corrected chi connectivity index (χ1v) is 14.0. The molecule has 206 valence electrons. The van der Waals surface area contributed by atoms with Gasteiger partial charge in [-0.2, -0.15) is 8.78 Å². The van der Waals surface area contributed by atoms with Crippen molar-refractivity contribution in [1.82, 2.24) is 0 Å². The predicted octanol–water partition coefficient (Wildman–Crippen LogP) is 8.39. The van der Waals surface area contributed by atoms with E-state index in [1.165, 1.54) is 24.3 Å². The van der Waals surface area contributed by atoms with Crippen molar-refractivity contribution in [3.05, 3.63) is 64.7 Å². The first-order valence-electron chi connectivity index (χ1n) is 14.0. The molecule has 0 amide bonds. The van der Waals surface area contributed by atoms with Gasteiger partial charge in [-0.1, -0.05) is 12.1 Å². The van der Waals surface area contributed by atoms with E-state index in [0.717, 1.165) is 82.8 Å². The van der Waals surface area contributed by atoms with Crippen molar-refractivity contribution < 1.29 is 32.5 Å². The van der Waals surface area contributed by atoms with Crippen LogP contribution in [0.2, 0.25) is 0 Å². The molecule has 0 aromatic heterocycles. The lowest BCUT2D eigenvalue weighted by molar-refractivity contribution is -0.00689. The molecule has 0 radical (unpaired) electrons. The number of ether oxygens (including phenoxy) is 1. The summed E-state index contributed by atoms with van der Waals surface area (Å²) >= 11 is 0. The fraction of sp³-hybridized carbons (Fsp3) is 0.548. The Morgan fingerprint density at radius 1 is 0.684 bits per heavy atom. The van der Waals surface area contributed by atoms with Crippen LogP contribution < -0.4 is 0 Å². The maximum atomic E-state index is 14.3. The molecule has 3 nitrogen and oxygen atoms in total. The van der Waals surface area contributed by atoms with Crippen molar-refractivity contribution in [2.24, 2.45) is 17.8 Å². The minimum absolute atomic E-state index is 0.0463. The lowest BCUT2D eigenvalue weighted by Crippen LogP contribution is -2.28. The molecule has 7 heteroatoms. The highest BCUT2D eigenvalue weighted by atomic mass is 19.2. The Labute approximate surface area is 221 Å². The molecule has 2 aromatic rings. The second kappa shape index (κ2) is 11.7. The highest BCUT2D eigenvalue weighted by molar-refractivity contribution is 5.67. The summed E-state index contributed by atoms with van der Waals surface area (Å²) in [6.07, 6.45) is 12.5. The number of rotatable bonds is 6. The zero-order valence-electron chi connectivity index (χ0n) is 21.6. The minimum Gasteiger partial charge on any atom is -0.505 e. The number of phenols is 2. The van der Waals surface area contributed by atoms with Gasteiger partial charge in [0.15, 0.2) is 23.1 Å². The summed E-state index contributed by atoms with van der Waals surface area (Å²) in [5.41, 5.74) is 1.43. The summed E-state index contributed by atoms with van der Waals surface area (Å²) in [7, 11) is 0. The summed E-state index contributed by atoms with van der Waals surface area (Å²) in [6, 6.07) is 5.40. The van der Waals surface area contributed by atoms with Crippen molar-refractivity contribution in [3.8, 4) is 11.5 Å². The molecule has 0 heterocycles. The van der Waals surface area contributed by atoms with E-state index in [1.54, 1.807) is 0 Å². The van der Waals surface area contributed by atoms with Crippen LogP contribution in [-0.2, 0) is 4.74 Å². The van der Waals surface area contributed by atoms with Crippen LogP contribution in [0.4, 0.5) is 17.6 Å². The van der Waals surface area contributed by atoms with Gasteiger partial charge in [0, 0.05) is 12.2 Å². The lowest BCUT2D eigenvalue weighted by Gasteiger charge is -2.36. The van der Waals surface area contributed by atoms with Crippen molar-refractivity contribution in [2.45, 2.75) is 82.7 Å². The normalized spacial score (nSPS) is 28.2. The summed E-state index contributed by atoms with van der Waals surface area (Å²) in [5.74, 6) is -3.86. The molecule has 0 bridgehead atoms. The Hall–Kier alpha value is -2.54. The third kappa shape index (κ3) is 5.73. The SMILES string of the molecule is Oc1ccc(C2=CCC(C3CCC(COC4CCC(c5ccc(O)c(F)c5F)CC4)CC3)CC2)c(F)c1F. The van der Waals surface area contributed by atoms with Gasteiger partial charge in [-0.25, -0.2) is 8.78 Å². The smallest absolute Gasteiger partial charge is 0.200 e. The Kier molecular flexibility index (Phi) is 8.32. The van der Waals surface area contributed by atoms with Crippen LogP contribution in [0.1, 0.15) is 87.7 Å². The predicted molar refractivity (Wildman–Crippen MR) is 138 cm³/mol. The maximum absolute atomic E-state index is 14.3. The fourth-order valence-electron chi connectivity index (χ4n) is 6.82. The number of aromatic hydroxyl groups is 2. The fourth-order valence-corrected chi connectivity index (χ4v) is 6.82. The van der Waals surface area contributed by atoms with Crippen LogP contribution in [0.15, 0.2) is 30.3 Å². The number of benzene rings is 2. The van der Waals surface area contributed by atoms with Crippen LogP contribution in [-0.4, -0.2) is 22.9 Å². The minimum atomic E-state index is -1.18. The van der Waals surface area contributed by atoms with E-state index >= 15 is 0 Å². The molecule has 5 rings (SSSR count). The molecule has 2 saturated carbocycles. The second-order valence-electron chi connectivity index (χ2n) is 11.4. The molecule has 0 spiro atoms. The van der Waals surface area contributed by atoms with Gasteiger partial charge in [0.25, 0.3) is 0 Å². The lowest BCUT2D eigenvalue weighted by atomic mass is 9.71. The van der Waals surface area contributed by atoms with E-state index in [-0.39, 0.29) is 17.6 Å². The van der Waals surface area contributed by atoms with Gasteiger partial charge < -0.3 is 14.9 Å². The summed E-state index contributed by atoms with van der Waals surface area (Å²) in [4.78, 5) is 0. The molecule has 1 unspecified atom stereocenters. The van der Waals surface area contributed by atoms with Crippen LogP contribution >= 0.6 is 0 Å². The van der Waals surface area contributed by atoms with Gasteiger partial charge in [0.05, 0.1) is 6.10 Å². The molecular weight excluding hydrogens is 496 g/mol. The molecule has 38 heavy (non-hydrogen) atoms. The Balaban J connectivity index is 1.04. The number of phenolic OH excluding ortho intramolecular Hbond substituents is 2. The summed E-state index contributed by atoms with van der Waals surface area (Å²) in [5, 5.41) is 18.7. The standard InChI is InChI=1S/C31H36F4O3/c32-28-24(13-15-26(36)30(28)34)21-7-5-20(6-8-21)19-3-1-18(2-4-19)17-38-23-11-9-22(10-12-23)25-14-16-27(37)31(35)29(25)33/h7,13-16,18-20,22-23,36-37H,1-6,8-12,17H2. The first kappa shape index (κ1) is 27.0. The Morgan fingerprint density at radius 3 is 2.00 bits per heavy atom. The van der Waals surface area contributed by atoms with E-state index in [1.807, 2.05) is 6.08 Å². The first-order chi connectivity index (χ1) is 18.3. The highest BCUT2D eigenvalue weighted by Crippen LogP contribution is 2.43. The molecule has 2 aromatic carbocycles. The molecule has 1 atom stereocenters. The molecule has 2 fully saturated rings. The number of hydrogen-bond donors (Lipinski definition) is 2. The van der Waals surface area contributed by atoms with E-state index in [9.17, 15) is 27.8 Å². The van der Waals surface area contributed by atoms with Gasteiger partial charge in [-0.15, -0.1) is 0 Å². The van der Waals surface area contributed by atoms with Crippen LogP contribution in [0.5, 0.6) is 11.5 Å². The number of halogens is 4. The van der Waals surface area contributed by atoms with Crippen molar-refractivity contribution >= 4 is 5.57 Å². The molecule has 0 saturated heterocycles. The van der Waals surface area contributed by atoms with Gasteiger partial charge in [-0.3, -0.25) is 0 Å². The van der Waals surface area contributed by atoms with Gasteiger partial charge in [0.1, 0.15) is 0 Å². The van der Waals surface area contributed by atoms with Crippen LogP contribution in [0.25, 0.3) is 5.57 Å².